The molecule has 0 bridgehead atoms. The van der Waals surface area contributed by atoms with Crippen molar-refractivity contribution in [1.82, 2.24) is 14.7 Å². The molecular formula is C29H37N3O3. The van der Waals surface area contributed by atoms with Crippen molar-refractivity contribution >= 4 is 17.7 Å². The fourth-order valence-electron chi connectivity index (χ4n) is 5.16. The molecule has 0 spiro atoms. The number of hydrogen-bond acceptors (Lipinski definition) is 3. The Labute approximate surface area is 208 Å². The van der Waals surface area contributed by atoms with Crippen LogP contribution in [0, 0.1) is 5.92 Å². The van der Waals surface area contributed by atoms with Gasteiger partial charge in [-0.1, -0.05) is 74.5 Å². The molecule has 1 unspecified atom stereocenters. The highest BCUT2D eigenvalue weighted by Crippen LogP contribution is 2.26. The molecule has 0 aromatic heterocycles. The number of aryl methyl sites for hydroxylation is 1. The molecule has 2 aromatic rings. The second-order valence-electron chi connectivity index (χ2n) is 10.2. The van der Waals surface area contributed by atoms with Gasteiger partial charge in [0, 0.05) is 32.5 Å². The molecule has 2 aliphatic heterocycles. The molecule has 4 rings (SSSR count). The van der Waals surface area contributed by atoms with Gasteiger partial charge in [0.15, 0.2) is 0 Å². The molecule has 6 heteroatoms. The van der Waals surface area contributed by atoms with Gasteiger partial charge in [-0.15, -0.1) is 0 Å². The van der Waals surface area contributed by atoms with E-state index in [0.717, 1.165) is 17.5 Å². The molecule has 6 nitrogen and oxygen atoms in total. The molecule has 0 N–H and O–H groups in total. The summed E-state index contributed by atoms with van der Waals surface area (Å²) in [5, 5.41) is 0. The lowest BCUT2D eigenvalue weighted by atomic mass is 9.99. The Morgan fingerprint density at radius 2 is 1.63 bits per heavy atom. The first-order chi connectivity index (χ1) is 16.9. The summed E-state index contributed by atoms with van der Waals surface area (Å²) in [5.74, 6) is 0.428. The molecule has 186 valence electrons. The predicted molar refractivity (Wildman–Crippen MR) is 137 cm³/mol. The van der Waals surface area contributed by atoms with Crippen LogP contribution in [0.1, 0.15) is 44.2 Å². The van der Waals surface area contributed by atoms with Gasteiger partial charge >= 0.3 is 0 Å². The molecule has 2 heterocycles. The van der Waals surface area contributed by atoms with E-state index >= 15 is 0 Å². The van der Waals surface area contributed by atoms with Gasteiger partial charge in [-0.2, -0.15) is 0 Å². The van der Waals surface area contributed by atoms with E-state index in [1.54, 1.807) is 4.90 Å². The standard InChI is InChI=1S/C29H37N3O3/c1-22(2)15-17-30-18-16-25-20-31(27(33)14-13-23-9-5-3-6-10-23)21-28(34)32(25)26(29(30)35)19-24-11-7-4-8-12-24/h3-12,22,25-26H,13-21H2,1-2H3/t25?,26-/m0/s1. The van der Waals surface area contributed by atoms with Crippen molar-refractivity contribution in [2.24, 2.45) is 5.92 Å². The number of carbonyl (C=O) groups is 3. The number of carbonyl (C=O) groups excluding carboxylic acids is 3. The number of hydrogen-bond donors (Lipinski definition) is 0. The van der Waals surface area contributed by atoms with Crippen molar-refractivity contribution in [3.05, 3.63) is 71.8 Å². The fourth-order valence-corrected chi connectivity index (χ4v) is 5.16. The second-order valence-corrected chi connectivity index (χ2v) is 10.2. The lowest BCUT2D eigenvalue weighted by Crippen LogP contribution is -2.62. The minimum Gasteiger partial charge on any atom is -0.341 e. The maximum Gasteiger partial charge on any atom is 0.245 e. The minimum absolute atomic E-state index is 0.00806. The van der Waals surface area contributed by atoms with Crippen molar-refractivity contribution in [2.75, 3.05) is 26.2 Å². The van der Waals surface area contributed by atoms with Crippen molar-refractivity contribution in [3.63, 3.8) is 0 Å². The van der Waals surface area contributed by atoms with Gasteiger partial charge in [0.25, 0.3) is 0 Å². The second kappa shape index (κ2) is 11.5. The Kier molecular flexibility index (Phi) is 8.21. The third-order valence-electron chi connectivity index (χ3n) is 7.17. The minimum atomic E-state index is -0.522. The average molecular weight is 476 g/mol. The van der Waals surface area contributed by atoms with Gasteiger partial charge in [0.1, 0.15) is 6.04 Å². The van der Waals surface area contributed by atoms with Crippen molar-refractivity contribution in [1.29, 1.82) is 0 Å². The van der Waals surface area contributed by atoms with Crippen molar-refractivity contribution in [3.8, 4) is 0 Å². The van der Waals surface area contributed by atoms with Crippen LogP contribution < -0.4 is 0 Å². The van der Waals surface area contributed by atoms with Gasteiger partial charge < -0.3 is 14.7 Å². The van der Waals surface area contributed by atoms with Gasteiger partial charge in [-0.05, 0) is 36.3 Å². The lowest BCUT2D eigenvalue weighted by Gasteiger charge is -2.43. The molecule has 3 amide bonds. The zero-order valence-electron chi connectivity index (χ0n) is 20.9. The summed E-state index contributed by atoms with van der Waals surface area (Å²) in [5.41, 5.74) is 2.17. The van der Waals surface area contributed by atoms with Gasteiger partial charge in [-0.25, -0.2) is 0 Å². The number of benzene rings is 2. The molecule has 35 heavy (non-hydrogen) atoms. The zero-order chi connectivity index (χ0) is 24.8. The van der Waals surface area contributed by atoms with E-state index < -0.39 is 6.04 Å². The third kappa shape index (κ3) is 6.30. The number of amides is 3. The highest BCUT2D eigenvalue weighted by Gasteiger charge is 2.44. The van der Waals surface area contributed by atoms with Crippen molar-refractivity contribution < 1.29 is 14.4 Å². The Morgan fingerprint density at radius 3 is 2.29 bits per heavy atom. The normalized spacial score (nSPS) is 20.7. The zero-order valence-corrected chi connectivity index (χ0v) is 20.9. The molecule has 2 fully saturated rings. The van der Waals surface area contributed by atoms with Crippen LogP contribution in [-0.4, -0.2) is 70.7 Å². The molecule has 2 atom stereocenters. The SMILES string of the molecule is CC(C)CCN1CCC2CN(C(=O)CCc3ccccc3)CC(=O)N2[C@@H](Cc2ccccc2)C1=O. The summed E-state index contributed by atoms with van der Waals surface area (Å²) in [6.07, 6.45) is 3.19. The molecule has 0 radical (unpaired) electrons. The Morgan fingerprint density at radius 1 is 0.971 bits per heavy atom. The summed E-state index contributed by atoms with van der Waals surface area (Å²) >= 11 is 0. The molecule has 0 aliphatic carbocycles. The summed E-state index contributed by atoms with van der Waals surface area (Å²) in [7, 11) is 0. The highest BCUT2D eigenvalue weighted by atomic mass is 16.2. The van der Waals surface area contributed by atoms with Crippen LogP contribution in [0.4, 0.5) is 0 Å². The van der Waals surface area contributed by atoms with Crippen molar-refractivity contribution in [2.45, 2.75) is 58.0 Å². The number of piperazine rings is 1. The van der Waals surface area contributed by atoms with Crippen LogP contribution in [0.5, 0.6) is 0 Å². The monoisotopic (exact) mass is 475 g/mol. The van der Waals surface area contributed by atoms with E-state index in [-0.39, 0.29) is 30.3 Å². The fraction of sp³-hybridized carbons (Fsp3) is 0.483. The van der Waals surface area contributed by atoms with E-state index in [2.05, 4.69) is 13.8 Å². The first-order valence-corrected chi connectivity index (χ1v) is 12.9. The van der Waals surface area contributed by atoms with E-state index in [9.17, 15) is 14.4 Å². The molecule has 0 saturated carbocycles. The molecule has 2 saturated heterocycles. The van der Waals surface area contributed by atoms with Crippen LogP contribution in [-0.2, 0) is 27.2 Å². The predicted octanol–water partition coefficient (Wildman–Crippen LogP) is 3.55. The van der Waals surface area contributed by atoms with Gasteiger partial charge in [0.05, 0.1) is 12.6 Å². The first kappa shape index (κ1) is 25.0. The largest absolute Gasteiger partial charge is 0.341 e. The van der Waals surface area contributed by atoms with Crippen LogP contribution in [0.15, 0.2) is 60.7 Å². The van der Waals surface area contributed by atoms with E-state index in [1.165, 1.54) is 0 Å². The van der Waals surface area contributed by atoms with E-state index in [0.29, 0.717) is 51.2 Å². The maximum atomic E-state index is 13.7. The average Bonchev–Trinajstić information content (AvgIpc) is 2.99. The maximum absolute atomic E-state index is 13.7. The Hall–Kier alpha value is -3.15. The van der Waals surface area contributed by atoms with Gasteiger partial charge in [-0.3, -0.25) is 14.4 Å². The Bertz CT molecular complexity index is 1010. The number of fused-ring (bicyclic) bond motifs is 1. The summed E-state index contributed by atoms with van der Waals surface area (Å²) in [6, 6.07) is 19.2. The summed E-state index contributed by atoms with van der Waals surface area (Å²) in [6.45, 7) is 6.20. The molecule has 2 aromatic carbocycles. The topological polar surface area (TPSA) is 60.9 Å². The highest BCUT2D eigenvalue weighted by molar-refractivity contribution is 5.92. The Balaban J connectivity index is 1.50. The van der Waals surface area contributed by atoms with Gasteiger partial charge in [0.2, 0.25) is 17.7 Å². The third-order valence-corrected chi connectivity index (χ3v) is 7.17. The van der Waals surface area contributed by atoms with E-state index in [4.69, 9.17) is 0 Å². The van der Waals surface area contributed by atoms with Crippen LogP contribution in [0.2, 0.25) is 0 Å². The number of rotatable bonds is 8. The van der Waals surface area contributed by atoms with Crippen LogP contribution >= 0.6 is 0 Å². The molecular weight excluding hydrogens is 438 g/mol. The quantitative estimate of drug-likeness (QED) is 0.587. The van der Waals surface area contributed by atoms with Crippen LogP contribution in [0.3, 0.4) is 0 Å². The lowest BCUT2D eigenvalue weighted by molar-refractivity contribution is -0.154. The van der Waals surface area contributed by atoms with Crippen LogP contribution in [0.25, 0.3) is 0 Å². The molecule has 2 aliphatic rings. The smallest absolute Gasteiger partial charge is 0.245 e. The van der Waals surface area contributed by atoms with E-state index in [1.807, 2.05) is 70.5 Å². The number of nitrogens with zero attached hydrogens (tertiary/aromatic N) is 3. The summed E-state index contributed by atoms with van der Waals surface area (Å²) < 4.78 is 0. The summed E-state index contributed by atoms with van der Waals surface area (Å²) in [4.78, 5) is 45.6. The first-order valence-electron chi connectivity index (χ1n) is 12.9.